The molecule has 0 spiro atoms. The zero-order chi connectivity index (χ0) is 13.6. The van der Waals surface area contributed by atoms with Crippen LogP contribution >= 0.6 is 0 Å². The molecule has 0 aromatic heterocycles. The molecule has 0 saturated carbocycles. The first-order valence-electron chi connectivity index (χ1n) is 5.39. The van der Waals surface area contributed by atoms with Crippen molar-refractivity contribution in [1.82, 2.24) is 5.32 Å². The van der Waals surface area contributed by atoms with Crippen LogP contribution in [0, 0.1) is 18.3 Å². The summed E-state index contributed by atoms with van der Waals surface area (Å²) >= 11 is 0. The van der Waals surface area contributed by atoms with E-state index in [1.165, 1.54) is 0 Å². The first kappa shape index (κ1) is 15.3. The lowest BCUT2D eigenvalue weighted by Gasteiger charge is -2.23. The summed E-state index contributed by atoms with van der Waals surface area (Å²) in [5, 5.41) is 11.3. The van der Waals surface area contributed by atoms with Gasteiger partial charge in [0, 0.05) is 0 Å². The van der Waals surface area contributed by atoms with E-state index in [2.05, 4.69) is 11.2 Å². The number of alkyl carbamates (subject to hydrolysis) is 1. The minimum absolute atomic E-state index is 0.333. The highest BCUT2D eigenvalue weighted by molar-refractivity contribution is 5.74. The molecular formula is C12H19NO4. The fourth-order valence-corrected chi connectivity index (χ4v) is 1.25. The van der Waals surface area contributed by atoms with Crippen LogP contribution in [0.4, 0.5) is 4.79 Å². The zero-order valence-electron chi connectivity index (χ0n) is 10.6. The van der Waals surface area contributed by atoms with E-state index >= 15 is 0 Å². The highest BCUT2D eigenvalue weighted by Gasteiger charge is 2.28. The molecule has 5 nitrogen and oxygen atoms in total. The average Bonchev–Trinajstić information content (AvgIpc) is 2.13. The van der Waals surface area contributed by atoms with Crippen molar-refractivity contribution in [3.8, 4) is 12.3 Å². The van der Waals surface area contributed by atoms with E-state index < -0.39 is 29.6 Å². The van der Waals surface area contributed by atoms with Crippen molar-refractivity contribution in [2.45, 2.75) is 45.8 Å². The van der Waals surface area contributed by atoms with Crippen molar-refractivity contribution in [1.29, 1.82) is 0 Å². The summed E-state index contributed by atoms with van der Waals surface area (Å²) in [5.41, 5.74) is -0.645. The van der Waals surface area contributed by atoms with Crippen LogP contribution in [0.3, 0.4) is 0 Å². The number of carboxylic acids is 1. The van der Waals surface area contributed by atoms with Crippen molar-refractivity contribution in [2.24, 2.45) is 5.92 Å². The quantitative estimate of drug-likeness (QED) is 0.733. The SMILES string of the molecule is C#CC(NC(=O)OC(C)(C)C)C(CC)C(=O)O. The van der Waals surface area contributed by atoms with Gasteiger partial charge in [0.05, 0.1) is 5.92 Å². The van der Waals surface area contributed by atoms with E-state index in [1.807, 2.05) is 0 Å². The van der Waals surface area contributed by atoms with Gasteiger partial charge in [-0.15, -0.1) is 6.42 Å². The van der Waals surface area contributed by atoms with E-state index in [0.29, 0.717) is 6.42 Å². The zero-order valence-corrected chi connectivity index (χ0v) is 10.6. The Morgan fingerprint density at radius 3 is 2.29 bits per heavy atom. The molecule has 17 heavy (non-hydrogen) atoms. The molecule has 0 aliphatic carbocycles. The minimum Gasteiger partial charge on any atom is -0.481 e. The fourth-order valence-electron chi connectivity index (χ4n) is 1.25. The number of aliphatic carboxylic acids is 1. The predicted octanol–water partition coefficient (Wildman–Crippen LogP) is 1.62. The summed E-state index contributed by atoms with van der Waals surface area (Å²) in [6, 6.07) is -0.868. The molecule has 0 rings (SSSR count). The van der Waals surface area contributed by atoms with Crippen LogP contribution in [0.15, 0.2) is 0 Å². The van der Waals surface area contributed by atoms with Crippen LogP contribution < -0.4 is 5.32 Å². The topological polar surface area (TPSA) is 75.6 Å². The smallest absolute Gasteiger partial charge is 0.408 e. The van der Waals surface area contributed by atoms with Gasteiger partial charge >= 0.3 is 12.1 Å². The van der Waals surface area contributed by atoms with Gasteiger partial charge < -0.3 is 15.2 Å². The Labute approximate surface area is 102 Å². The number of carboxylic acid groups (broad SMARTS) is 1. The van der Waals surface area contributed by atoms with Crippen molar-refractivity contribution in [3.05, 3.63) is 0 Å². The van der Waals surface area contributed by atoms with Gasteiger partial charge in [-0.1, -0.05) is 12.8 Å². The average molecular weight is 241 g/mol. The molecule has 0 aliphatic rings. The Morgan fingerprint density at radius 1 is 1.47 bits per heavy atom. The molecule has 96 valence electrons. The Hall–Kier alpha value is -1.70. The lowest BCUT2D eigenvalue weighted by atomic mass is 9.98. The molecule has 5 heteroatoms. The third-order valence-corrected chi connectivity index (χ3v) is 2.01. The second kappa shape index (κ2) is 6.14. The van der Waals surface area contributed by atoms with Gasteiger partial charge in [-0.25, -0.2) is 4.79 Å². The molecule has 0 radical (unpaired) electrons. The third-order valence-electron chi connectivity index (χ3n) is 2.01. The van der Waals surface area contributed by atoms with Crippen LogP contribution in [0.2, 0.25) is 0 Å². The standard InChI is InChI=1S/C12H19NO4/c1-6-8(10(14)15)9(7-2)13-11(16)17-12(3,4)5/h2,8-9H,6H2,1,3-5H3,(H,13,16)(H,14,15). The molecule has 2 N–H and O–H groups in total. The second-order valence-electron chi connectivity index (χ2n) is 4.64. The van der Waals surface area contributed by atoms with Crippen LogP contribution in [0.5, 0.6) is 0 Å². The molecule has 0 bridgehead atoms. The summed E-state index contributed by atoms with van der Waals surface area (Å²) in [5.74, 6) is 0.410. The van der Waals surface area contributed by atoms with Crippen LogP contribution in [-0.2, 0) is 9.53 Å². The largest absolute Gasteiger partial charge is 0.481 e. The lowest BCUT2D eigenvalue weighted by Crippen LogP contribution is -2.44. The maximum atomic E-state index is 11.4. The summed E-state index contributed by atoms with van der Waals surface area (Å²) in [4.78, 5) is 22.4. The van der Waals surface area contributed by atoms with Crippen LogP contribution in [0.1, 0.15) is 34.1 Å². The normalized spacial score (nSPS) is 14.3. The molecular weight excluding hydrogens is 222 g/mol. The van der Waals surface area contributed by atoms with Crippen molar-refractivity contribution < 1.29 is 19.4 Å². The van der Waals surface area contributed by atoms with E-state index in [4.69, 9.17) is 16.3 Å². The van der Waals surface area contributed by atoms with Crippen LogP contribution in [-0.4, -0.2) is 28.8 Å². The van der Waals surface area contributed by atoms with Gasteiger partial charge in [0.2, 0.25) is 0 Å². The highest BCUT2D eigenvalue weighted by Crippen LogP contribution is 2.11. The van der Waals surface area contributed by atoms with Gasteiger partial charge in [0.15, 0.2) is 0 Å². The molecule has 1 amide bonds. The predicted molar refractivity (Wildman–Crippen MR) is 63.4 cm³/mol. The van der Waals surface area contributed by atoms with Gasteiger partial charge in [-0.3, -0.25) is 4.79 Å². The first-order chi connectivity index (χ1) is 7.71. The van der Waals surface area contributed by atoms with E-state index in [9.17, 15) is 9.59 Å². The summed E-state index contributed by atoms with van der Waals surface area (Å²) in [7, 11) is 0. The molecule has 0 aliphatic heterocycles. The molecule has 0 fully saturated rings. The molecule has 2 unspecified atom stereocenters. The van der Waals surface area contributed by atoms with Gasteiger partial charge in [-0.05, 0) is 27.2 Å². The van der Waals surface area contributed by atoms with Gasteiger partial charge in [0.25, 0.3) is 0 Å². The molecule has 2 atom stereocenters. The van der Waals surface area contributed by atoms with E-state index in [0.717, 1.165) is 0 Å². The number of terminal acetylenes is 1. The summed E-state index contributed by atoms with van der Waals surface area (Å²) in [6.07, 6.45) is 4.84. The minimum atomic E-state index is -1.04. The second-order valence-corrected chi connectivity index (χ2v) is 4.64. The molecule has 0 heterocycles. The maximum Gasteiger partial charge on any atom is 0.408 e. The molecule has 0 aromatic rings. The van der Waals surface area contributed by atoms with Crippen molar-refractivity contribution >= 4 is 12.1 Å². The number of amides is 1. The van der Waals surface area contributed by atoms with Crippen LogP contribution in [0.25, 0.3) is 0 Å². The first-order valence-corrected chi connectivity index (χ1v) is 5.39. The number of hydrogen-bond acceptors (Lipinski definition) is 3. The fraction of sp³-hybridized carbons (Fsp3) is 0.667. The van der Waals surface area contributed by atoms with Gasteiger partial charge in [-0.2, -0.15) is 0 Å². The van der Waals surface area contributed by atoms with E-state index in [-0.39, 0.29) is 0 Å². The number of ether oxygens (including phenoxy) is 1. The summed E-state index contributed by atoms with van der Waals surface area (Å²) < 4.78 is 5.01. The number of rotatable bonds is 4. The Bertz CT molecular complexity index is 324. The van der Waals surface area contributed by atoms with E-state index in [1.54, 1.807) is 27.7 Å². The van der Waals surface area contributed by atoms with Crippen molar-refractivity contribution in [2.75, 3.05) is 0 Å². The summed E-state index contributed by atoms with van der Waals surface area (Å²) in [6.45, 7) is 6.84. The van der Waals surface area contributed by atoms with Gasteiger partial charge in [0.1, 0.15) is 11.6 Å². The van der Waals surface area contributed by atoms with Crippen molar-refractivity contribution in [3.63, 3.8) is 0 Å². The number of carbonyl (C=O) groups excluding carboxylic acids is 1. The molecule has 0 saturated heterocycles. The maximum absolute atomic E-state index is 11.4. The highest BCUT2D eigenvalue weighted by atomic mass is 16.6. The lowest BCUT2D eigenvalue weighted by molar-refractivity contribution is -0.142. The Kier molecular flexibility index (Phi) is 5.52. The number of hydrogen-bond donors (Lipinski definition) is 2. The Morgan fingerprint density at radius 2 is 2.00 bits per heavy atom. The molecule has 0 aromatic carbocycles. The Balaban J connectivity index is 4.57. The number of nitrogens with one attached hydrogen (secondary N) is 1. The number of carbonyl (C=O) groups is 2. The monoisotopic (exact) mass is 241 g/mol. The third kappa shape index (κ3) is 5.81.